The molecular formula is C11H13N3O. The number of hydrogen-bond donors (Lipinski definition) is 1. The van der Waals surface area contributed by atoms with Crippen LogP contribution in [0, 0.1) is 0 Å². The molecule has 0 spiro atoms. The van der Waals surface area contributed by atoms with Crippen LogP contribution < -0.4 is 5.73 Å². The average molecular weight is 203 g/mol. The number of hydrogen-bond acceptors (Lipinski definition) is 4. The summed E-state index contributed by atoms with van der Waals surface area (Å²) in [7, 11) is 0. The Balaban J connectivity index is 2.19. The third kappa shape index (κ3) is 2.41. The predicted octanol–water partition coefficient (Wildman–Crippen LogP) is 1.63. The molecule has 0 radical (unpaired) electrons. The van der Waals surface area contributed by atoms with Gasteiger partial charge in [0.2, 0.25) is 0 Å². The van der Waals surface area contributed by atoms with Crippen LogP contribution in [0.1, 0.15) is 12.1 Å². The monoisotopic (exact) mass is 203 g/mol. The van der Waals surface area contributed by atoms with E-state index < -0.39 is 0 Å². The summed E-state index contributed by atoms with van der Waals surface area (Å²) >= 11 is 0. The minimum Gasteiger partial charge on any atom is -0.451 e. The van der Waals surface area contributed by atoms with Crippen LogP contribution in [-0.2, 0) is 6.42 Å². The number of pyridine rings is 1. The first kappa shape index (κ1) is 9.86. The predicted molar refractivity (Wildman–Crippen MR) is 57.1 cm³/mol. The summed E-state index contributed by atoms with van der Waals surface area (Å²) in [5.41, 5.74) is 8.37. The number of nitrogens with zero attached hydrogens (tertiary/aromatic N) is 2. The molecule has 2 N–H and O–H groups in total. The summed E-state index contributed by atoms with van der Waals surface area (Å²) in [6, 6.07) is 3.94. The van der Waals surface area contributed by atoms with E-state index in [0.717, 1.165) is 29.8 Å². The van der Waals surface area contributed by atoms with Crippen molar-refractivity contribution in [1.29, 1.82) is 0 Å². The highest BCUT2D eigenvalue weighted by Crippen LogP contribution is 2.17. The Morgan fingerprint density at radius 1 is 1.33 bits per heavy atom. The van der Waals surface area contributed by atoms with Gasteiger partial charge in [0.15, 0.2) is 6.39 Å². The van der Waals surface area contributed by atoms with Gasteiger partial charge in [-0.3, -0.25) is 4.98 Å². The van der Waals surface area contributed by atoms with Crippen LogP contribution in [0.4, 0.5) is 0 Å². The van der Waals surface area contributed by atoms with Gasteiger partial charge in [-0.1, -0.05) is 0 Å². The normalized spacial score (nSPS) is 10.5. The lowest BCUT2D eigenvalue weighted by Crippen LogP contribution is -2.01. The zero-order valence-electron chi connectivity index (χ0n) is 8.39. The molecule has 0 aromatic carbocycles. The highest BCUT2D eigenvalue weighted by Gasteiger charge is 2.02. The fourth-order valence-electron chi connectivity index (χ4n) is 1.41. The SMILES string of the molecule is NCCCc1cc(-c2cocn2)ccn1. The summed E-state index contributed by atoms with van der Waals surface area (Å²) in [5, 5.41) is 0. The maximum atomic E-state index is 5.45. The van der Waals surface area contributed by atoms with Crippen molar-refractivity contribution in [3.8, 4) is 11.3 Å². The van der Waals surface area contributed by atoms with Crippen LogP contribution in [0.25, 0.3) is 11.3 Å². The molecule has 0 unspecified atom stereocenters. The van der Waals surface area contributed by atoms with Crippen molar-refractivity contribution in [3.63, 3.8) is 0 Å². The molecule has 0 fully saturated rings. The van der Waals surface area contributed by atoms with Crippen molar-refractivity contribution in [3.05, 3.63) is 36.7 Å². The maximum absolute atomic E-state index is 5.45. The van der Waals surface area contributed by atoms with E-state index in [2.05, 4.69) is 9.97 Å². The van der Waals surface area contributed by atoms with E-state index in [4.69, 9.17) is 10.2 Å². The second kappa shape index (κ2) is 4.70. The largest absolute Gasteiger partial charge is 0.451 e. The standard InChI is InChI=1S/C11H13N3O/c12-4-1-2-10-6-9(3-5-13-10)11-7-15-8-14-11/h3,5-8H,1-2,4,12H2. The van der Waals surface area contributed by atoms with Crippen LogP contribution in [0.15, 0.2) is 35.4 Å². The third-order valence-electron chi connectivity index (χ3n) is 2.18. The lowest BCUT2D eigenvalue weighted by Gasteiger charge is -2.00. The van der Waals surface area contributed by atoms with Gasteiger partial charge in [0.25, 0.3) is 0 Å². The molecule has 2 rings (SSSR count). The van der Waals surface area contributed by atoms with Gasteiger partial charge in [0.1, 0.15) is 12.0 Å². The Morgan fingerprint density at radius 2 is 2.27 bits per heavy atom. The second-order valence-corrected chi connectivity index (χ2v) is 3.30. The molecule has 0 amide bonds. The van der Waals surface area contributed by atoms with Crippen molar-refractivity contribution >= 4 is 0 Å². The maximum Gasteiger partial charge on any atom is 0.181 e. The fourth-order valence-corrected chi connectivity index (χ4v) is 1.41. The molecule has 2 aromatic heterocycles. The minimum absolute atomic E-state index is 0.690. The van der Waals surface area contributed by atoms with Crippen molar-refractivity contribution in [2.45, 2.75) is 12.8 Å². The van der Waals surface area contributed by atoms with Gasteiger partial charge in [-0.25, -0.2) is 4.98 Å². The summed E-state index contributed by atoms with van der Waals surface area (Å²) in [6.45, 7) is 0.690. The molecule has 15 heavy (non-hydrogen) atoms. The van der Waals surface area contributed by atoms with E-state index in [1.54, 1.807) is 12.5 Å². The Labute approximate surface area is 88.2 Å². The van der Waals surface area contributed by atoms with Crippen LogP contribution in [0.2, 0.25) is 0 Å². The molecule has 0 saturated heterocycles. The molecule has 2 aromatic rings. The molecule has 0 bridgehead atoms. The van der Waals surface area contributed by atoms with Gasteiger partial charge in [-0.15, -0.1) is 0 Å². The number of rotatable bonds is 4. The van der Waals surface area contributed by atoms with Gasteiger partial charge in [0, 0.05) is 17.5 Å². The van der Waals surface area contributed by atoms with Crippen LogP contribution in [0.3, 0.4) is 0 Å². The highest BCUT2D eigenvalue weighted by molar-refractivity contribution is 5.57. The van der Waals surface area contributed by atoms with Crippen molar-refractivity contribution in [1.82, 2.24) is 9.97 Å². The Kier molecular flexibility index (Phi) is 3.09. The molecule has 2 heterocycles. The van der Waals surface area contributed by atoms with E-state index in [9.17, 15) is 0 Å². The van der Waals surface area contributed by atoms with Crippen LogP contribution in [-0.4, -0.2) is 16.5 Å². The number of aryl methyl sites for hydroxylation is 1. The molecule has 78 valence electrons. The molecular weight excluding hydrogens is 190 g/mol. The van der Waals surface area contributed by atoms with E-state index in [1.807, 2.05) is 12.1 Å². The van der Waals surface area contributed by atoms with Crippen molar-refractivity contribution < 1.29 is 4.42 Å². The Hall–Kier alpha value is -1.68. The lowest BCUT2D eigenvalue weighted by atomic mass is 10.1. The fraction of sp³-hybridized carbons (Fsp3) is 0.273. The van der Waals surface area contributed by atoms with Gasteiger partial charge < -0.3 is 10.2 Å². The first-order chi connectivity index (χ1) is 7.40. The Morgan fingerprint density at radius 3 is 3.00 bits per heavy atom. The zero-order valence-corrected chi connectivity index (χ0v) is 8.39. The molecule has 0 atom stereocenters. The highest BCUT2D eigenvalue weighted by atomic mass is 16.3. The van der Waals surface area contributed by atoms with E-state index in [-0.39, 0.29) is 0 Å². The molecule has 0 aliphatic heterocycles. The number of aromatic nitrogens is 2. The molecule has 0 saturated carbocycles. The van der Waals surface area contributed by atoms with Crippen LogP contribution in [0.5, 0.6) is 0 Å². The lowest BCUT2D eigenvalue weighted by molar-refractivity contribution is 0.558. The molecule has 4 heteroatoms. The zero-order chi connectivity index (χ0) is 10.5. The van der Waals surface area contributed by atoms with E-state index >= 15 is 0 Å². The van der Waals surface area contributed by atoms with Gasteiger partial charge in [-0.05, 0) is 31.5 Å². The van der Waals surface area contributed by atoms with Crippen LogP contribution >= 0.6 is 0 Å². The van der Waals surface area contributed by atoms with Gasteiger partial charge >= 0.3 is 0 Å². The summed E-state index contributed by atoms with van der Waals surface area (Å²) in [5.74, 6) is 0. The number of nitrogens with two attached hydrogens (primary N) is 1. The smallest absolute Gasteiger partial charge is 0.181 e. The first-order valence-electron chi connectivity index (χ1n) is 4.93. The molecule has 4 nitrogen and oxygen atoms in total. The second-order valence-electron chi connectivity index (χ2n) is 3.30. The molecule has 0 aliphatic carbocycles. The summed E-state index contributed by atoms with van der Waals surface area (Å²) in [6.07, 6.45) is 6.70. The van der Waals surface area contributed by atoms with E-state index in [1.165, 1.54) is 6.39 Å². The quantitative estimate of drug-likeness (QED) is 0.820. The first-order valence-corrected chi connectivity index (χ1v) is 4.93. The van der Waals surface area contributed by atoms with Gasteiger partial charge in [-0.2, -0.15) is 0 Å². The minimum atomic E-state index is 0.690. The van der Waals surface area contributed by atoms with Gasteiger partial charge in [0.05, 0.1) is 0 Å². The average Bonchev–Trinajstić information content (AvgIpc) is 2.80. The Bertz CT molecular complexity index is 412. The topological polar surface area (TPSA) is 64.9 Å². The van der Waals surface area contributed by atoms with Crippen molar-refractivity contribution in [2.75, 3.05) is 6.54 Å². The number of oxazole rings is 1. The third-order valence-corrected chi connectivity index (χ3v) is 2.18. The van der Waals surface area contributed by atoms with Crippen molar-refractivity contribution in [2.24, 2.45) is 5.73 Å². The molecule has 0 aliphatic rings. The summed E-state index contributed by atoms with van der Waals surface area (Å²) in [4.78, 5) is 8.36. The summed E-state index contributed by atoms with van der Waals surface area (Å²) < 4.78 is 4.94. The van der Waals surface area contributed by atoms with E-state index in [0.29, 0.717) is 6.54 Å².